The molecule has 312 valence electrons. The van der Waals surface area contributed by atoms with E-state index in [2.05, 4.69) is 107 Å². The first-order valence-corrected chi connectivity index (χ1v) is 21.4. The van der Waals surface area contributed by atoms with Crippen LogP contribution in [0.1, 0.15) is 37.1 Å². The van der Waals surface area contributed by atoms with Gasteiger partial charge in [0, 0.05) is 76.4 Å². The maximum absolute atomic E-state index is 15.3. The average Bonchev–Trinajstić information content (AvgIpc) is 3.91. The maximum Gasteiger partial charge on any atom is 0.437 e. The molecule has 0 spiro atoms. The Morgan fingerprint density at radius 1 is 0.742 bits per heavy atom. The number of anilines is 5. The van der Waals surface area contributed by atoms with Gasteiger partial charge < -0.3 is 19.4 Å². The third-order valence-electron chi connectivity index (χ3n) is 10.7. The van der Waals surface area contributed by atoms with Crippen LogP contribution in [0.3, 0.4) is 0 Å². The van der Waals surface area contributed by atoms with Gasteiger partial charge in [0.2, 0.25) is 0 Å². The number of hydrogen-bond acceptors (Lipinski definition) is 9. The first kappa shape index (κ1) is 43.3. The molecule has 0 N–H and O–H groups in total. The summed E-state index contributed by atoms with van der Waals surface area (Å²) >= 11 is 3.45. The van der Waals surface area contributed by atoms with E-state index in [0.717, 1.165) is 50.2 Å². The molecule has 0 saturated heterocycles. The van der Waals surface area contributed by atoms with Gasteiger partial charge in [-0.15, -0.1) is 22.7 Å². The van der Waals surface area contributed by atoms with Gasteiger partial charge in [0.1, 0.15) is 28.8 Å². The van der Waals surface area contributed by atoms with E-state index < -0.39 is 34.3 Å². The van der Waals surface area contributed by atoms with Gasteiger partial charge >= 0.3 is 6.18 Å². The molecule has 3 aromatic carbocycles. The molecule has 1 aliphatic carbocycles. The van der Waals surface area contributed by atoms with E-state index in [-0.39, 0.29) is 11.0 Å². The molecule has 0 amide bonds. The van der Waals surface area contributed by atoms with Crippen LogP contribution in [0.4, 0.5) is 40.9 Å². The highest BCUT2D eigenvalue weighted by Crippen LogP contribution is 2.56. The molecular weight excluding hydrogens is 822 g/mol. The van der Waals surface area contributed by atoms with Crippen LogP contribution in [0.2, 0.25) is 0 Å². The monoisotopic (exact) mass is 864 g/mol. The topological polar surface area (TPSA) is 90.3 Å². The third kappa shape index (κ3) is 8.56. The zero-order chi connectivity index (χ0) is 44.4. The molecule has 1 atom stereocenters. The summed E-state index contributed by atoms with van der Waals surface area (Å²) in [6.07, 6.45) is 7.12. The molecule has 0 saturated carbocycles. The lowest BCUT2D eigenvalue weighted by atomic mass is 9.75. The van der Waals surface area contributed by atoms with Gasteiger partial charge in [-0.3, -0.25) is 0 Å². The van der Waals surface area contributed by atoms with Crippen LogP contribution in [0.5, 0.6) is 0 Å². The van der Waals surface area contributed by atoms with E-state index in [1.165, 1.54) is 45.8 Å². The number of hydrogen-bond donors (Lipinski definition) is 0. The number of halogens is 3. The van der Waals surface area contributed by atoms with Crippen molar-refractivity contribution in [3.63, 3.8) is 0 Å². The van der Waals surface area contributed by atoms with Crippen molar-refractivity contribution in [2.75, 3.05) is 42.9 Å². The zero-order valence-electron chi connectivity index (χ0n) is 35.1. The molecule has 1 aliphatic heterocycles. The smallest absolute Gasteiger partial charge is 0.437 e. The Bertz CT molecular complexity index is 2720. The van der Waals surface area contributed by atoms with E-state index in [9.17, 15) is 15.8 Å². The highest BCUT2D eigenvalue weighted by atomic mass is 32.1. The van der Waals surface area contributed by atoms with Crippen molar-refractivity contribution >= 4 is 65.9 Å². The van der Waals surface area contributed by atoms with E-state index in [0.29, 0.717) is 6.42 Å². The number of ether oxygens (including phenoxy) is 1. The van der Waals surface area contributed by atoms with E-state index in [1.807, 2.05) is 28.2 Å². The number of allylic oxidation sites excluding steroid dienone is 8. The number of nitrogens with zero attached hydrogens (tertiary/aromatic N) is 6. The van der Waals surface area contributed by atoms with Crippen molar-refractivity contribution in [1.29, 1.82) is 15.8 Å². The Morgan fingerprint density at radius 3 is 1.85 bits per heavy atom. The van der Waals surface area contributed by atoms with Gasteiger partial charge in [-0.2, -0.15) is 29.0 Å². The fourth-order valence-corrected chi connectivity index (χ4v) is 10.2. The Balaban J connectivity index is 1.19. The number of thiophene rings is 2. The van der Waals surface area contributed by atoms with Crippen LogP contribution >= 0.6 is 22.7 Å². The lowest BCUT2D eigenvalue weighted by Gasteiger charge is -2.33. The minimum absolute atomic E-state index is 0.143. The number of fused-ring (bicyclic) bond motifs is 1. The van der Waals surface area contributed by atoms with Crippen LogP contribution in [-0.4, -0.2) is 34.4 Å². The molecule has 62 heavy (non-hydrogen) atoms. The number of rotatable bonds is 10. The summed E-state index contributed by atoms with van der Waals surface area (Å²) in [5.74, 6) is -0.691. The Morgan fingerprint density at radius 2 is 1.32 bits per heavy atom. The van der Waals surface area contributed by atoms with Gasteiger partial charge in [-0.25, -0.2) is 0 Å². The summed E-state index contributed by atoms with van der Waals surface area (Å²) in [6.45, 7) is 4.30. The second-order valence-corrected chi connectivity index (χ2v) is 18.4. The first-order chi connectivity index (χ1) is 29.6. The maximum atomic E-state index is 15.3. The second-order valence-electron chi connectivity index (χ2n) is 16.3. The summed E-state index contributed by atoms with van der Waals surface area (Å²) < 4.78 is 53.6. The number of benzene rings is 3. The summed E-state index contributed by atoms with van der Waals surface area (Å²) in [4.78, 5) is 7.56. The van der Waals surface area contributed by atoms with E-state index >= 15 is 13.2 Å². The molecule has 2 aromatic heterocycles. The molecule has 7 nitrogen and oxygen atoms in total. The molecule has 3 heterocycles. The molecule has 0 radical (unpaired) electrons. The van der Waals surface area contributed by atoms with Gasteiger partial charge in [-0.1, -0.05) is 74.6 Å². The van der Waals surface area contributed by atoms with Crippen molar-refractivity contribution < 1.29 is 17.9 Å². The van der Waals surface area contributed by atoms with Gasteiger partial charge in [0.05, 0.1) is 0 Å². The molecular formula is C50H43F3N6OS2. The van der Waals surface area contributed by atoms with E-state index in [4.69, 9.17) is 4.74 Å². The summed E-state index contributed by atoms with van der Waals surface area (Å²) in [5, 5.41) is 30.4. The molecule has 5 aromatic rings. The Kier molecular flexibility index (Phi) is 12.1. The minimum atomic E-state index is -5.06. The van der Waals surface area contributed by atoms with Crippen LogP contribution < -0.4 is 14.7 Å². The number of nitriles is 3. The van der Waals surface area contributed by atoms with Crippen molar-refractivity contribution in [2.24, 2.45) is 5.41 Å². The van der Waals surface area contributed by atoms with E-state index in [1.54, 1.807) is 53.0 Å². The molecule has 1 unspecified atom stereocenters. The largest absolute Gasteiger partial charge is 0.465 e. The third-order valence-corrected chi connectivity index (χ3v) is 13.0. The van der Waals surface area contributed by atoms with Gasteiger partial charge in [0.25, 0.3) is 5.60 Å². The van der Waals surface area contributed by atoms with Crippen LogP contribution in [0.25, 0.3) is 15.5 Å². The normalized spacial score (nSPS) is 18.1. The summed E-state index contributed by atoms with van der Waals surface area (Å²) in [7, 11) is 8.13. The second kappa shape index (κ2) is 17.3. The predicted molar refractivity (Wildman–Crippen MR) is 247 cm³/mol. The molecule has 7 rings (SSSR count). The van der Waals surface area contributed by atoms with Crippen LogP contribution in [0.15, 0.2) is 155 Å². The molecule has 12 heteroatoms. The fraction of sp³-hybridized carbons (Fsp3) is 0.220. The summed E-state index contributed by atoms with van der Waals surface area (Å²) in [6, 6.07) is 33.5. The minimum Gasteiger partial charge on any atom is -0.465 e. The lowest BCUT2D eigenvalue weighted by Crippen LogP contribution is -2.43. The molecule has 2 aliphatic rings. The number of alkyl halides is 3. The Hall–Kier alpha value is -6.78. The van der Waals surface area contributed by atoms with Crippen molar-refractivity contribution in [3.8, 4) is 18.2 Å². The first-order valence-electron chi connectivity index (χ1n) is 19.7. The fourth-order valence-electron chi connectivity index (χ4n) is 7.85. The van der Waals surface area contributed by atoms with Crippen LogP contribution in [-0.2, 0) is 10.3 Å². The quantitative estimate of drug-likeness (QED) is 0.129. The molecule has 0 fully saturated rings. The van der Waals surface area contributed by atoms with Gasteiger partial charge in [0.15, 0.2) is 11.3 Å². The molecule has 0 bridgehead atoms. The lowest BCUT2D eigenvalue weighted by molar-refractivity contribution is -0.249. The van der Waals surface area contributed by atoms with Crippen molar-refractivity contribution in [2.45, 2.75) is 38.5 Å². The van der Waals surface area contributed by atoms with Crippen LogP contribution in [0, 0.1) is 39.4 Å². The zero-order valence-corrected chi connectivity index (χ0v) is 36.7. The summed E-state index contributed by atoms with van der Waals surface area (Å²) in [5.41, 5.74) is 1.07. The average molecular weight is 865 g/mol. The van der Waals surface area contributed by atoms with Gasteiger partial charge in [-0.05, 0) is 96.1 Å². The highest BCUT2D eigenvalue weighted by molar-refractivity contribution is 7.30. The standard InChI is InChI=1S/C50H43F3N6OS2/c1-48(2)28-33(11-10-14-43-42(32-56)47(35(30-54)31-55)60-49(43,50(51,52)53)36-12-8-7-9-13-36)25-34(29-48)15-24-41-26-44-45(61-41)27-46(62-44)59(39-20-16-37(17-21-39)57(3)4)40-22-18-38(19-23-40)58(5)6/h7-27H,28-29H2,1-6H3/b14-10+,24-15+,33-11-. The van der Waals surface area contributed by atoms with Crippen molar-refractivity contribution in [1.82, 2.24) is 0 Å². The van der Waals surface area contributed by atoms with Crippen molar-refractivity contribution in [3.05, 3.63) is 165 Å². The Labute approximate surface area is 368 Å². The SMILES string of the molecule is CN(C)c1ccc(N(c2ccc(N(C)C)cc2)c2cc3sc(/C=C/C4=CC(=C/C=C/C5=C(C#N)C(=C(C#N)C#N)OC5(c5ccccc5)C(F)(F)F)/CC(C)(C)C4)cc3s2)cc1. The predicted octanol–water partition coefficient (Wildman–Crippen LogP) is 13.4. The highest BCUT2D eigenvalue weighted by Gasteiger charge is 2.65.